The molecule has 0 aromatic heterocycles. The number of nitro groups is 1. The van der Waals surface area contributed by atoms with Crippen molar-refractivity contribution in [3.8, 4) is 0 Å². The molecule has 1 saturated heterocycles. The fourth-order valence-corrected chi connectivity index (χ4v) is 4.10. The van der Waals surface area contributed by atoms with Crippen molar-refractivity contribution in [1.82, 2.24) is 9.80 Å². The molecule has 34 heavy (non-hydrogen) atoms. The van der Waals surface area contributed by atoms with Crippen molar-refractivity contribution in [3.63, 3.8) is 0 Å². The number of benzene rings is 2. The molecule has 0 aliphatic carbocycles. The Bertz CT molecular complexity index is 1090. The lowest BCUT2D eigenvalue weighted by Gasteiger charge is -2.28. The van der Waals surface area contributed by atoms with Crippen LogP contribution in [0.25, 0.3) is 5.76 Å². The number of likely N-dealkylation sites (tertiary alicyclic amines) is 1. The van der Waals surface area contributed by atoms with Crippen molar-refractivity contribution in [2.24, 2.45) is 0 Å². The van der Waals surface area contributed by atoms with Gasteiger partial charge < -0.3 is 19.8 Å². The number of carbonyl (C=O) groups is 2. The third kappa shape index (κ3) is 4.94. The molecular weight excluding hydrogens is 436 g/mol. The quantitative estimate of drug-likeness (QED) is 0.198. The van der Waals surface area contributed by atoms with Gasteiger partial charge in [0.1, 0.15) is 5.76 Å². The normalized spacial score (nSPS) is 17.4. The molecule has 1 aliphatic heterocycles. The monoisotopic (exact) mass is 466 g/mol. The first kappa shape index (κ1) is 24.9. The number of hydrogen-bond acceptors (Lipinski definition) is 7. The van der Waals surface area contributed by atoms with Gasteiger partial charge in [0.25, 0.3) is 17.4 Å². The van der Waals surface area contributed by atoms with E-state index in [9.17, 15) is 24.8 Å². The maximum atomic E-state index is 13.1. The summed E-state index contributed by atoms with van der Waals surface area (Å²) in [5.41, 5.74) is 1.75. The Balaban J connectivity index is 2.09. The van der Waals surface area contributed by atoms with Crippen molar-refractivity contribution in [2.75, 3.05) is 45.2 Å². The standard InChI is InChI=1S/C25H30N4O5/c1-5-27(6-2)15-16-28-22(17-7-11-19(12-8-17)26(3)4)21(24(31)25(28)32)23(30)18-9-13-20(14-10-18)29(33)34/h7-14,22,30H,5-6,15-16H2,1-4H3/t22-/m0/s1. The van der Waals surface area contributed by atoms with Crippen LogP contribution in [0.2, 0.25) is 0 Å². The second-order valence-electron chi connectivity index (χ2n) is 8.31. The molecule has 1 amide bonds. The Hall–Kier alpha value is -3.72. The molecule has 0 spiro atoms. The van der Waals surface area contributed by atoms with E-state index in [1.807, 2.05) is 57.1 Å². The van der Waals surface area contributed by atoms with E-state index < -0.39 is 22.7 Å². The molecule has 1 aliphatic rings. The number of ketones is 1. The highest BCUT2D eigenvalue weighted by Crippen LogP contribution is 2.39. The van der Waals surface area contributed by atoms with Gasteiger partial charge in [0.15, 0.2) is 0 Å². The lowest BCUT2D eigenvalue weighted by Crippen LogP contribution is -2.38. The van der Waals surface area contributed by atoms with Gasteiger partial charge in [0.05, 0.1) is 16.5 Å². The number of nitro benzene ring substituents is 1. The molecule has 1 fully saturated rings. The Morgan fingerprint density at radius 2 is 1.62 bits per heavy atom. The minimum Gasteiger partial charge on any atom is -0.507 e. The number of amides is 1. The number of carbonyl (C=O) groups excluding carboxylic acids is 2. The molecule has 2 aromatic carbocycles. The molecule has 9 heteroatoms. The number of anilines is 1. The molecule has 0 radical (unpaired) electrons. The number of hydrogen-bond donors (Lipinski definition) is 1. The van der Waals surface area contributed by atoms with Crippen LogP contribution in [0.4, 0.5) is 11.4 Å². The van der Waals surface area contributed by atoms with Crippen LogP contribution >= 0.6 is 0 Å². The largest absolute Gasteiger partial charge is 0.507 e. The highest BCUT2D eigenvalue weighted by atomic mass is 16.6. The lowest BCUT2D eigenvalue weighted by atomic mass is 9.95. The Labute approximate surface area is 199 Å². The minimum atomic E-state index is -0.767. The van der Waals surface area contributed by atoms with E-state index in [0.717, 1.165) is 18.8 Å². The predicted molar refractivity (Wildman–Crippen MR) is 131 cm³/mol. The number of rotatable bonds is 9. The van der Waals surface area contributed by atoms with E-state index in [-0.39, 0.29) is 22.6 Å². The second kappa shape index (κ2) is 10.5. The molecule has 1 atom stereocenters. The van der Waals surface area contributed by atoms with E-state index in [4.69, 9.17) is 0 Å². The van der Waals surface area contributed by atoms with Crippen LogP contribution in [0, 0.1) is 10.1 Å². The highest BCUT2D eigenvalue weighted by Gasteiger charge is 2.46. The van der Waals surface area contributed by atoms with E-state index in [0.29, 0.717) is 18.7 Å². The fourth-order valence-electron chi connectivity index (χ4n) is 4.10. The number of aliphatic hydroxyl groups is 1. The molecular formula is C25H30N4O5. The lowest BCUT2D eigenvalue weighted by molar-refractivity contribution is -0.384. The zero-order valence-electron chi connectivity index (χ0n) is 19.9. The zero-order chi connectivity index (χ0) is 25.0. The summed E-state index contributed by atoms with van der Waals surface area (Å²) in [6.07, 6.45) is 0. The van der Waals surface area contributed by atoms with E-state index in [1.54, 1.807) is 0 Å². The molecule has 0 saturated carbocycles. The maximum absolute atomic E-state index is 13.1. The summed E-state index contributed by atoms with van der Waals surface area (Å²) in [6.45, 7) is 6.59. The third-order valence-electron chi connectivity index (χ3n) is 6.17. The molecule has 1 heterocycles. The zero-order valence-corrected chi connectivity index (χ0v) is 19.9. The molecule has 180 valence electrons. The SMILES string of the molecule is CCN(CC)CCN1C(=O)C(=O)C(=C(O)c2ccc([N+](=O)[O-])cc2)[C@@H]1c1ccc(N(C)C)cc1. The van der Waals surface area contributed by atoms with Gasteiger partial charge in [-0.05, 0) is 42.9 Å². The van der Waals surface area contributed by atoms with E-state index in [2.05, 4.69) is 4.90 Å². The number of likely N-dealkylation sites (N-methyl/N-ethyl adjacent to an activating group) is 1. The van der Waals surface area contributed by atoms with Crippen molar-refractivity contribution < 1.29 is 19.6 Å². The van der Waals surface area contributed by atoms with Crippen LogP contribution < -0.4 is 4.90 Å². The van der Waals surface area contributed by atoms with Crippen molar-refractivity contribution in [3.05, 3.63) is 75.3 Å². The average Bonchev–Trinajstić information content (AvgIpc) is 3.09. The molecule has 1 N–H and O–H groups in total. The number of nitrogens with zero attached hydrogens (tertiary/aromatic N) is 4. The first-order chi connectivity index (χ1) is 16.2. The van der Waals surface area contributed by atoms with Crippen LogP contribution in [-0.2, 0) is 9.59 Å². The molecule has 2 aromatic rings. The van der Waals surface area contributed by atoms with Crippen molar-refractivity contribution in [1.29, 1.82) is 0 Å². The van der Waals surface area contributed by atoms with Gasteiger partial charge in [-0.2, -0.15) is 0 Å². The summed E-state index contributed by atoms with van der Waals surface area (Å²) < 4.78 is 0. The van der Waals surface area contributed by atoms with Gasteiger partial charge >= 0.3 is 0 Å². The topological polar surface area (TPSA) is 107 Å². The average molecular weight is 467 g/mol. The van der Waals surface area contributed by atoms with E-state index >= 15 is 0 Å². The van der Waals surface area contributed by atoms with Crippen LogP contribution in [0.3, 0.4) is 0 Å². The first-order valence-corrected chi connectivity index (χ1v) is 11.2. The van der Waals surface area contributed by atoms with Crippen LogP contribution in [0.1, 0.15) is 31.0 Å². The first-order valence-electron chi connectivity index (χ1n) is 11.2. The van der Waals surface area contributed by atoms with Gasteiger partial charge in [-0.25, -0.2) is 0 Å². The van der Waals surface area contributed by atoms with Crippen LogP contribution in [0.15, 0.2) is 54.1 Å². The highest BCUT2D eigenvalue weighted by molar-refractivity contribution is 6.46. The summed E-state index contributed by atoms with van der Waals surface area (Å²) in [5.74, 6) is -1.78. The van der Waals surface area contributed by atoms with Crippen molar-refractivity contribution >= 4 is 28.8 Å². The Kier molecular flexibility index (Phi) is 7.68. The van der Waals surface area contributed by atoms with Gasteiger partial charge in [0.2, 0.25) is 0 Å². The molecule has 3 rings (SSSR count). The smallest absolute Gasteiger partial charge is 0.295 e. The van der Waals surface area contributed by atoms with E-state index in [1.165, 1.54) is 29.2 Å². The number of Topliss-reactive ketones (excluding diaryl/α,β-unsaturated/α-hetero) is 1. The predicted octanol–water partition coefficient (Wildman–Crippen LogP) is 3.42. The Morgan fingerprint density at radius 1 is 1.03 bits per heavy atom. The van der Waals surface area contributed by atoms with Crippen molar-refractivity contribution in [2.45, 2.75) is 19.9 Å². The van der Waals surface area contributed by atoms with Gasteiger partial charge in [-0.15, -0.1) is 0 Å². The summed E-state index contributed by atoms with van der Waals surface area (Å²) in [4.78, 5) is 42.2. The summed E-state index contributed by atoms with van der Waals surface area (Å²) in [6, 6.07) is 12.0. The fraction of sp³-hybridized carbons (Fsp3) is 0.360. The number of non-ortho nitro benzene ring substituents is 1. The van der Waals surface area contributed by atoms with Crippen LogP contribution in [-0.4, -0.2) is 71.8 Å². The summed E-state index contributed by atoms with van der Waals surface area (Å²) in [5, 5.41) is 22.1. The molecule has 0 bridgehead atoms. The maximum Gasteiger partial charge on any atom is 0.295 e. The number of aliphatic hydroxyl groups excluding tert-OH is 1. The van der Waals surface area contributed by atoms with Crippen LogP contribution in [0.5, 0.6) is 0 Å². The van der Waals surface area contributed by atoms with Gasteiger partial charge in [-0.1, -0.05) is 26.0 Å². The second-order valence-corrected chi connectivity index (χ2v) is 8.31. The summed E-state index contributed by atoms with van der Waals surface area (Å²) in [7, 11) is 3.83. The molecule has 0 unspecified atom stereocenters. The van der Waals surface area contributed by atoms with Gasteiger partial charge in [0, 0.05) is 50.6 Å². The third-order valence-corrected chi connectivity index (χ3v) is 6.17. The summed E-state index contributed by atoms with van der Waals surface area (Å²) >= 11 is 0. The van der Waals surface area contributed by atoms with Gasteiger partial charge in [-0.3, -0.25) is 19.7 Å². The minimum absolute atomic E-state index is 0.0176. The Morgan fingerprint density at radius 3 is 2.12 bits per heavy atom. The molecule has 9 nitrogen and oxygen atoms in total.